The molecule has 6 heteroatoms. The predicted molar refractivity (Wildman–Crippen MR) is 96.4 cm³/mol. The van der Waals surface area contributed by atoms with Gasteiger partial charge in [-0.25, -0.2) is 4.98 Å². The van der Waals surface area contributed by atoms with E-state index in [0.29, 0.717) is 12.4 Å². The molecular formula is C18H30N4O2. The zero-order chi connectivity index (χ0) is 17.2. The summed E-state index contributed by atoms with van der Waals surface area (Å²) in [6, 6.07) is 3.90. The minimum Gasteiger partial charge on any atom is -0.475 e. The molecular weight excluding hydrogens is 304 g/mol. The Kier molecular flexibility index (Phi) is 7.82. The second-order valence-electron chi connectivity index (χ2n) is 6.40. The Morgan fingerprint density at radius 2 is 2.17 bits per heavy atom. The number of nitrogens with zero attached hydrogens (tertiary/aromatic N) is 2. The van der Waals surface area contributed by atoms with Crippen molar-refractivity contribution in [1.29, 1.82) is 0 Å². The zero-order valence-corrected chi connectivity index (χ0v) is 15.0. The van der Waals surface area contributed by atoms with Gasteiger partial charge in [-0.1, -0.05) is 6.07 Å². The van der Waals surface area contributed by atoms with Crippen molar-refractivity contribution in [3.05, 3.63) is 23.9 Å². The molecule has 0 aliphatic heterocycles. The summed E-state index contributed by atoms with van der Waals surface area (Å²) in [4.78, 5) is 8.52. The van der Waals surface area contributed by atoms with Gasteiger partial charge < -0.3 is 20.1 Å². The van der Waals surface area contributed by atoms with Gasteiger partial charge in [0.1, 0.15) is 0 Å². The molecule has 0 bridgehead atoms. The van der Waals surface area contributed by atoms with Crippen LogP contribution in [0.1, 0.15) is 38.7 Å². The van der Waals surface area contributed by atoms with E-state index in [0.717, 1.165) is 43.6 Å². The molecule has 1 fully saturated rings. The van der Waals surface area contributed by atoms with E-state index in [2.05, 4.69) is 20.6 Å². The Balaban J connectivity index is 1.59. The Bertz CT molecular complexity index is 498. The van der Waals surface area contributed by atoms with Crippen molar-refractivity contribution < 1.29 is 9.47 Å². The lowest BCUT2D eigenvalue weighted by Gasteiger charge is -2.12. The van der Waals surface area contributed by atoms with Crippen LogP contribution in [0.5, 0.6) is 5.88 Å². The van der Waals surface area contributed by atoms with Gasteiger partial charge in [0.15, 0.2) is 5.96 Å². The molecule has 2 rings (SSSR count). The van der Waals surface area contributed by atoms with Gasteiger partial charge in [0.25, 0.3) is 0 Å². The largest absolute Gasteiger partial charge is 0.475 e. The van der Waals surface area contributed by atoms with Gasteiger partial charge in [-0.05, 0) is 44.6 Å². The van der Waals surface area contributed by atoms with Gasteiger partial charge in [0.05, 0.1) is 6.10 Å². The minimum atomic E-state index is 0.137. The maximum atomic E-state index is 5.62. The van der Waals surface area contributed by atoms with Crippen molar-refractivity contribution in [2.45, 2.75) is 45.8 Å². The standard InChI is InChI=1S/C18H30N4O2/c1-14(2)24-17-8-7-16(11-21-17)12-22-18(19-3)20-9-4-10-23-13-15-5-6-15/h7-8,11,14-15H,4-6,9-10,12-13H2,1-3H3,(H2,19,20,22). The fourth-order valence-corrected chi connectivity index (χ4v) is 2.15. The number of hydrogen-bond acceptors (Lipinski definition) is 4. The molecule has 0 amide bonds. The third-order valence-corrected chi connectivity index (χ3v) is 3.65. The summed E-state index contributed by atoms with van der Waals surface area (Å²) in [6.45, 7) is 7.24. The summed E-state index contributed by atoms with van der Waals surface area (Å²) in [5.41, 5.74) is 1.09. The van der Waals surface area contributed by atoms with Gasteiger partial charge in [-0.2, -0.15) is 0 Å². The molecule has 6 nitrogen and oxygen atoms in total. The van der Waals surface area contributed by atoms with Crippen molar-refractivity contribution in [3.63, 3.8) is 0 Å². The van der Waals surface area contributed by atoms with E-state index in [-0.39, 0.29) is 6.10 Å². The van der Waals surface area contributed by atoms with E-state index in [9.17, 15) is 0 Å². The molecule has 0 saturated heterocycles. The number of guanidine groups is 1. The van der Waals surface area contributed by atoms with Crippen LogP contribution < -0.4 is 15.4 Å². The summed E-state index contributed by atoms with van der Waals surface area (Å²) < 4.78 is 11.2. The summed E-state index contributed by atoms with van der Waals surface area (Å²) in [7, 11) is 1.77. The highest BCUT2D eigenvalue weighted by Gasteiger charge is 2.20. The molecule has 1 aromatic rings. The van der Waals surface area contributed by atoms with E-state index in [1.54, 1.807) is 7.05 Å². The molecule has 0 aromatic carbocycles. The normalized spacial score (nSPS) is 14.8. The van der Waals surface area contributed by atoms with Gasteiger partial charge in [-0.15, -0.1) is 0 Å². The van der Waals surface area contributed by atoms with Crippen LogP contribution in [0.3, 0.4) is 0 Å². The van der Waals surface area contributed by atoms with Crippen LogP contribution >= 0.6 is 0 Å². The molecule has 1 aliphatic carbocycles. The van der Waals surface area contributed by atoms with Crippen LogP contribution in [-0.2, 0) is 11.3 Å². The average molecular weight is 334 g/mol. The van der Waals surface area contributed by atoms with Crippen LogP contribution in [0, 0.1) is 5.92 Å². The van der Waals surface area contributed by atoms with Crippen molar-refractivity contribution >= 4 is 5.96 Å². The van der Waals surface area contributed by atoms with Crippen molar-refractivity contribution in [1.82, 2.24) is 15.6 Å². The number of aromatic nitrogens is 1. The molecule has 0 atom stereocenters. The fourth-order valence-electron chi connectivity index (χ4n) is 2.15. The maximum Gasteiger partial charge on any atom is 0.213 e. The molecule has 1 aliphatic rings. The van der Waals surface area contributed by atoms with E-state index >= 15 is 0 Å². The Morgan fingerprint density at radius 3 is 2.79 bits per heavy atom. The number of pyridine rings is 1. The Morgan fingerprint density at radius 1 is 1.33 bits per heavy atom. The minimum absolute atomic E-state index is 0.137. The third kappa shape index (κ3) is 7.64. The quantitative estimate of drug-likeness (QED) is 0.390. The lowest BCUT2D eigenvalue weighted by molar-refractivity contribution is 0.123. The Hall–Kier alpha value is -1.82. The van der Waals surface area contributed by atoms with Crippen LogP contribution in [0.15, 0.2) is 23.3 Å². The van der Waals surface area contributed by atoms with Crippen LogP contribution in [0.2, 0.25) is 0 Å². The number of hydrogen-bond donors (Lipinski definition) is 2. The highest BCUT2D eigenvalue weighted by atomic mass is 16.5. The zero-order valence-electron chi connectivity index (χ0n) is 15.0. The topological polar surface area (TPSA) is 67.8 Å². The van der Waals surface area contributed by atoms with E-state index in [1.807, 2.05) is 32.2 Å². The maximum absolute atomic E-state index is 5.62. The highest BCUT2D eigenvalue weighted by Crippen LogP contribution is 2.28. The molecule has 0 spiro atoms. The van der Waals surface area contributed by atoms with Crippen LogP contribution in [0.4, 0.5) is 0 Å². The fraction of sp³-hybridized carbons (Fsp3) is 0.667. The molecule has 0 unspecified atom stereocenters. The first-order valence-electron chi connectivity index (χ1n) is 8.81. The second-order valence-corrected chi connectivity index (χ2v) is 6.40. The van der Waals surface area contributed by atoms with Crippen molar-refractivity contribution in [2.24, 2.45) is 10.9 Å². The second kappa shape index (κ2) is 10.1. The monoisotopic (exact) mass is 334 g/mol. The molecule has 1 aromatic heterocycles. The number of ether oxygens (including phenoxy) is 2. The van der Waals surface area contributed by atoms with E-state index in [1.165, 1.54) is 12.8 Å². The van der Waals surface area contributed by atoms with Crippen molar-refractivity contribution in [3.8, 4) is 5.88 Å². The van der Waals surface area contributed by atoms with E-state index < -0.39 is 0 Å². The average Bonchev–Trinajstić information content (AvgIpc) is 3.38. The summed E-state index contributed by atoms with van der Waals surface area (Å²) >= 11 is 0. The van der Waals surface area contributed by atoms with Crippen LogP contribution in [0.25, 0.3) is 0 Å². The predicted octanol–water partition coefficient (Wildman–Crippen LogP) is 2.35. The first kappa shape index (κ1) is 18.5. The lowest BCUT2D eigenvalue weighted by atomic mass is 10.3. The summed E-state index contributed by atoms with van der Waals surface area (Å²) in [6.07, 6.45) is 5.63. The number of aliphatic imine (C=N–C) groups is 1. The molecule has 1 saturated carbocycles. The van der Waals surface area contributed by atoms with E-state index in [4.69, 9.17) is 9.47 Å². The Labute approximate surface area is 145 Å². The number of nitrogens with one attached hydrogen (secondary N) is 2. The molecule has 134 valence electrons. The number of rotatable bonds is 10. The molecule has 1 heterocycles. The lowest BCUT2D eigenvalue weighted by Crippen LogP contribution is -2.37. The first-order chi connectivity index (χ1) is 11.7. The molecule has 0 radical (unpaired) electrons. The van der Waals surface area contributed by atoms with Crippen molar-refractivity contribution in [2.75, 3.05) is 26.8 Å². The summed E-state index contributed by atoms with van der Waals surface area (Å²) in [5.74, 6) is 2.28. The van der Waals surface area contributed by atoms with Gasteiger partial charge in [-0.3, -0.25) is 4.99 Å². The SMILES string of the molecule is CN=C(NCCCOCC1CC1)NCc1ccc(OC(C)C)nc1. The smallest absolute Gasteiger partial charge is 0.213 e. The van der Waals surface area contributed by atoms with Crippen LogP contribution in [-0.4, -0.2) is 43.9 Å². The molecule has 24 heavy (non-hydrogen) atoms. The molecule has 2 N–H and O–H groups in total. The third-order valence-electron chi connectivity index (χ3n) is 3.65. The van der Waals surface area contributed by atoms with Gasteiger partial charge in [0.2, 0.25) is 5.88 Å². The first-order valence-corrected chi connectivity index (χ1v) is 8.81. The highest BCUT2D eigenvalue weighted by molar-refractivity contribution is 5.79. The van der Waals surface area contributed by atoms with Gasteiger partial charge >= 0.3 is 0 Å². The van der Waals surface area contributed by atoms with Gasteiger partial charge in [0, 0.05) is 45.6 Å². The summed E-state index contributed by atoms with van der Waals surface area (Å²) in [5, 5.41) is 6.58.